The molecule has 0 amide bonds. The molecule has 0 heterocycles. The first-order valence-electron chi connectivity index (χ1n) is 5.93. The summed E-state index contributed by atoms with van der Waals surface area (Å²) in [5, 5.41) is 0. The Hall–Kier alpha value is -1.72. The van der Waals surface area contributed by atoms with E-state index in [-0.39, 0.29) is 30.2 Å². The van der Waals surface area contributed by atoms with Crippen molar-refractivity contribution >= 4 is 5.97 Å². The molecule has 0 unspecified atom stereocenters. The van der Waals surface area contributed by atoms with Crippen molar-refractivity contribution in [3.05, 3.63) is 29.8 Å². The normalized spacial score (nSPS) is 21.9. The smallest absolute Gasteiger partial charge is 0.466 e. The van der Waals surface area contributed by atoms with Crippen molar-refractivity contribution in [1.82, 2.24) is 0 Å². The number of carbonyl (C=O) groups excluding carboxylic acids is 1. The summed E-state index contributed by atoms with van der Waals surface area (Å²) in [6.07, 6.45) is -4.23. The largest absolute Gasteiger partial charge is 0.573 e. The Bertz CT molecular complexity index is 470. The van der Waals surface area contributed by atoms with Crippen LogP contribution in [0.25, 0.3) is 0 Å². The van der Waals surface area contributed by atoms with Gasteiger partial charge in [0.05, 0.1) is 12.5 Å². The van der Waals surface area contributed by atoms with E-state index < -0.39 is 6.36 Å². The van der Waals surface area contributed by atoms with Crippen LogP contribution in [-0.2, 0) is 9.53 Å². The average molecular weight is 274 g/mol. The Morgan fingerprint density at radius 3 is 2.68 bits per heavy atom. The van der Waals surface area contributed by atoms with E-state index in [4.69, 9.17) is 4.74 Å². The fourth-order valence-corrected chi connectivity index (χ4v) is 2.05. The maximum Gasteiger partial charge on any atom is 0.573 e. The van der Waals surface area contributed by atoms with Gasteiger partial charge in [-0.05, 0) is 25.0 Å². The van der Waals surface area contributed by atoms with Gasteiger partial charge in [0.15, 0.2) is 0 Å². The Kier molecular flexibility index (Phi) is 3.68. The van der Waals surface area contributed by atoms with E-state index in [0.717, 1.165) is 0 Å². The second-order valence-electron chi connectivity index (χ2n) is 4.29. The van der Waals surface area contributed by atoms with Crippen LogP contribution in [0.3, 0.4) is 0 Å². The topological polar surface area (TPSA) is 35.5 Å². The maximum absolute atomic E-state index is 12.3. The highest BCUT2D eigenvalue weighted by atomic mass is 19.4. The molecule has 2 rings (SSSR count). The van der Waals surface area contributed by atoms with Crippen molar-refractivity contribution in [2.24, 2.45) is 5.92 Å². The third-order valence-electron chi connectivity index (χ3n) is 2.92. The van der Waals surface area contributed by atoms with Crippen LogP contribution < -0.4 is 4.74 Å². The van der Waals surface area contributed by atoms with E-state index in [0.29, 0.717) is 12.0 Å². The van der Waals surface area contributed by atoms with Crippen molar-refractivity contribution in [3.8, 4) is 5.75 Å². The fraction of sp³-hybridized carbons (Fsp3) is 0.462. The zero-order chi connectivity index (χ0) is 14.0. The highest BCUT2D eigenvalue weighted by Crippen LogP contribution is 2.51. The van der Waals surface area contributed by atoms with Gasteiger partial charge < -0.3 is 9.47 Å². The van der Waals surface area contributed by atoms with Crippen LogP contribution >= 0.6 is 0 Å². The average Bonchev–Trinajstić information content (AvgIpc) is 3.08. The van der Waals surface area contributed by atoms with Crippen molar-refractivity contribution < 1.29 is 27.4 Å². The molecule has 104 valence electrons. The summed E-state index contributed by atoms with van der Waals surface area (Å²) in [5.41, 5.74) is 0.401. The molecule has 0 radical (unpaired) electrons. The van der Waals surface area contributed by atoms with E-state index in [9.17, 15) is 18.0 Å². The number of ether oxygens (including phenoxy) is 2. The number of hydrogen-bond donors (Lipinski definition) is 0. The number of esters is 1. The third kappa shape index (κ3) is 3.39. The molecule has 0 spiro atoms. The number of alkyl halides is 3. The molecule has 1 aromatic carbocycles. The minimum Gasteiger partial charge on any atom is -0.466 e. The summed E-state index contributed by atoms with van der Waals surface area (Å²) in [7, 11) is 0. The van der Waals surface area contributed by atoms with Gasteiger partial charge in [0.2, 0.25) is 0 Å². The minimum absolute atomic E-state index is 0.244. The first-order chi connectivity index (χ1) is 8.92. The molecule has 1 saturated carbocycles. The summed E-state index contributed by atoms with van der Waals surface area (Å²) in [5.74, 6) is -1.23. The van der Waals surface area contributed by atoms with E-state index in [1.165, 1.54) is 12.1 Å². The van der Waals surface area contributed by atoms with Crippen LogP contribution in [0, 0.1) is 5.92 Å². The van der Waals surface area contributed by atoms with E-state index in [1.807, 2.05) is 0 Å². The van der Waals surface area contributed by atoms with Gasteiger partial charge in [-0.25, -0.2) is 0 Å². The van der Waals surface area contributed by atoms with Gasteiger partial charge in [-0.1, -0.05) is 18.2 Å². The van der Waals surface area contributed by atoms with Gasteiger partial charge in [0, 0.05) is 5.92 Å². The maximum atomic E-state index is 12.3. The molecule has 1 aliphatic carbocycles. The van der Waals surface area contributed by atoms with Gasteiger partial charge in [-0.2, -0.15) is 0 Å². The number of carbonyl (C=O) groups is 1. The Balaban J connectivity index is 2.12. The summed E-state index contributed by atoms with van der Waals surface area (Å²) < 4.78 is 45.6. The van der Waals surface area contributed by atoms with Crippen molar-refractivity contribution in [3.63, 3.8) is 0 Å². The zero-order valence-corrected chi connectivity index (χ0v) is 10.2. The second-order valence-corrected chi connectivity index (χ2v) is 4.29. The van der Waals surface area contributed by atoms with E-state index >= 15 is 0 Å². The molecular formula is C13H13F3O3. The summed E-state index contributed by atoms with van der Waals surface area (Å²) in [6.45, 7) is 1.96. The molecule has 6 heteroatoms. The molecule has 3 nitrogen and oxygen atoms in total. The van der Waals surface area contributed by atoms with Crippen LogP contribution in [0.2, 0.25) is 0 Å². The van der Waals surface area contributed by atoms with Gasteiger partial charge >= 0.3 is 12.3 Å². The molecule has 0 aromatic heterocycles. The van der Waals surface area contributed by atoms with Crippen LogP contribution in [-0.4, -0.2) is 18.9 Å². The summed E-state index contributed by atoms with van der Waals surface area (Å²) >= 11 is 0. The third-order valence-corrected chi connectivity index (χ3v) is 2.92. The summed E-state index contributed by atoms with van der Waals surface area (Å²) in [4.78, 5) is 11.5. The van der Waals surface area contributed by atoms with Crippen molar-refractivity contribution in [2.45, 2.75) is 25.6 Å². The predicted octanol–water partition coefficient (Wildman–Crippen LogP) is 3.25. The quantitative estimate of drug-likeness (QED) is 0.791. The lowest BCUT2D eigenvalue weighted by Crippen LogP contribution is -2.18. The van der Waals surface area contributed by atoms with E-state index in [2.05, 4.69) is 4.74 Å². The number of para-hydroxylation sites is 1. The van der Waals surface area contributed by atoms with Crippen LogP contribution in [0.4, 0.5) is 13.2 Å². The minimum atomic E-state index is -4.73. The lowest BCUT2D eigenvalue weighted by atomic mass is 10.1. The molecule has 1 aliphatic rings. The highest BCUT2D eigenvalue weighted by molar-refractivity contribution is 5.77. The first-order valence-corrected chi connectivity index (χ1v) is 5.93. The van der Waals surface area contributed by atoms with Crippen LogP contribution in [0.1, 0.15) is 24.8 Å². The predicted molar refractivity (Wildman–Crippen MR) is 60.6 cm³/mol. The number of hydrogen-bond acceptors (Lipinski definition) is 3. The number of halogens is 3. The Morgan fingerprint density at radius 1 is 1.37 bits per heavy atom. The SMILES string of the molecule is CCOC(=O)[C@H]1C[C@@H]1c1ccccc1OC(F)(F)F. The number of benzene rings is 1. The standard InChI is InChI=1S/C13H13F3O3/c1-2-18-12(17)10-7-9(10)8-5-3-4-6-11(8)19-13(14,15)16/h3-6,9-10H,2,7H2,1H3/t9-,10+/m1/s1. The fourth-order valence-electron chi connectivity index (χ4n) is 2.05. The summed E-state index contributed by atoms with van der Waals surface area (Å²) in [6, 6.07) is 5.89. The molecule has 1 aromatic rings. The van der Waals surface area contributed by atoms with Crippen molar-refractivity contribution in [2.75, 3.05) is 6.61 Å². The van der Waals surface area contributed by atoms with Gasteiger partial charge in [-0.3, -0.25) is 4.79 Å². The van der Waals surface area contributed by atoms with Gasteiger partial charge in [0.1, 0.15) is 5.75 Å². The lowest BCUT2D eigenvalue weighted by molar-refractivity contribution is -0.274. The second kappa shape index (κ2) is 5.11. The van der Waals surface area contributed by atoms with E-state index in [1.54, 1.807) is 19.1 Å². The monoisotopic (exact) mass is 274 g/mol. The Morgan fingerprint density at radius 2 is 2.05 bits per heavy atom. The Labute approximate surface area is 108 Å². The van der Waals surface area contributed by atoms with Gasteiger partial charge in [0.25, 0.3) is 0 Å². The lowest BCUT2D eigenvalue weighted by Gasteiger charge is -2.12. The van der Waals surface area contributed by atoms with Crippen molar-refractivity contribution in [1.29, 1.82) is 0 Å². The molecule has 2 atom stereocenters. The number of rotatable bonds is 4. The zero-order valence-electron chi connectivity index (χ0n) is 10.2. The highest BCUT2D eigenvalue weighted by Gasteiger charge is 2.47. The molecular weight excluding hydrogens is 261 g/mol. The molecule has 19 heavy (non-hydrogen) atoms. The van der Waals surface area contributed by atoms with Crippen LogP contribution in [0.5, 0.6) is 5.75 Å². The molecule has 0 saturated heterocycles. The van der Waals surface area contributed by atoms with Crippen LogP contribution in [0.15, 0.2) is 24.3 Å². The molecule has 0 bridgehead atoms. The first kappa shape index (κ1) is 13.7. The molecule has 0 aliphatic heterocycles. The van der Waals surface area contributed by atoms with Gasteiger partial charge in [-0.15, -0.1) is 13.2 Å². The molecule has 0 N–H and O–H groups in total. The molecule has 1 fully saturated rings.